The molecule has 0 aliphatic rings. The molecule has 18 heavy (non-hydrogen) atoms. The number of hydrogen-bond donors (Lipinski definition) is 1. The smallest absolute Gasteiger partial charge is 0.118 e. The fourth-order valence-corrected chi connectivity index (χ4v) is 1.89. The lowest BCUT2D eigenvalue weighted by Gasteiger charge is -2.19. The van der Waals surface area contributed by atoms with Crippen LogP contribution in [0.25, 0.3) is 0 Å². The van der Waals surface area contributed by atoms with E-state index in [1.165, 1.54) is 5.56 Å². The summed E-state index contributed by atoms with van der Waals surface area (Å²) in [6, 6.07) is 8.58. The van der Waals surface area contributed by atoms with Crippen molar-refractivity contribution in [2.75, 3.05) is 20.3 Å². The van der Waals surface area contributed by atoms with Gasteiger partial charge >= 0.3 is 0 Å². The van der Waals surface area contributed by atoms with Gasteiger partial charge in [-0.05, 0) is 44.5 Å². The lowest BCUT2D eigenvalue weighted by atomic mass is 10.0. The van der Waals surface area contributed by atoms with Crippen molar-refractivity contribution in [1.82, 2.24) is 5.32 Å². The minimum atomic E-state index is 0.295. The van der Waals surface area contributed by atoms with Crippen molar-refractivity contribution in [2.24, 2.45) is 0 Å². The third kappa shape index (κ3) is 5.07. The Morgan fingerprint density at radius 1 is 1.17 bits per heavy atom. The van der Waals surface area contributed by atoms with Gasteiger partial charge < -0.3 is 14.8 Å². The van der Waals surface area contributed by atoms with Crippen molar-refractivity contribution in [3.63, 3.8) is 0 Å². The first-order valence-electron chi connectivity index (χ1n) is 6.66. The Morgan fingerprint density at radius 2 is 1.83 bits per heavy atom. The van der Waals surface area contributed by atoms with Gasteiger partial charge in [0.1, 0.15) is 5.75 Å². The van der Waals surface area contributed by atoms with E-state index in [0.717, 1.165) is 25.3 Å². The van der Waals surface area contributed by atoms with Gasteiger partial charge in [-0.15, -0.1) is 0 Å². The molecule has 3 heteroatoms. The van der Waals surface area contributed by atoms with Gasteiger partial charge in [0.15, 0.2) is 0 Å². The molecule has 0 heterocycles. The number of ether oxygens (including phenoxy) is 2. The molecule has 0 bridgehead atoms. The van der Waals surface area contributed by atoms with Crippen LogP contribution in [0, 0.1) is 0 Å². The number of rotatable bonds is 8. The van der Waals surface area contributed by atoms with Crippen molar-refractivity contribution in [3.05, 3.63) is 29.8 Å². The molecule has 1 rings (SSSR count). The van der Waals surface area contributed by atoms with Gasteiger partial charge in [-0.2, -0.15) is 0 Å². The van der Waals surface area contributed by atoms with Gasteiger partial charge in [-0.1, -0.05) is 19.1 Å². The van der Waals surface area contributed by atoms with E-state index < -0.39 is 0 Å². The minimum absolute atomic E-state index is 0.295. The monoisotopic (exact) mass is 251 g/mol. The molecule has 0 saturated heterocycles. The Morgan fingerprint density at radius 3 is 2.33 bits per heavy atom. The molecule has 0 fully saturated rings. The zero-order valence-electron chi connectivity index (χ0n) is 11.9. The highest BCUT2D eigenvalue weighted by Crippen LogP contribution is 2.20. The lowest BCUT2D eigenvalue weighted by molar-refractivity contribution is 0.0716. The molecule has 1 unspecified atom stereocenters. The maximum Gasteiger partial charge on any atom is 0.118 e. The van der Waals surface area contributed by atoms with E-state index in [-0.39, 0.29) is 0 Å². The molecule has 1 N–H and O–H groups in total. The van der Waals surface area contributed by atoms with Crippen LogP contribution in [0.4, 0.5) is 0 Å². The molecule has 0 aliphatic heterocycles. The largest absolute Gasteiger partial charge is 0.497 e. The fourth-order valence-electron chi connectivity index (χ4n) is 1.89. The van der Waals surface area contributed by atoms with Crippen molar-refractivity contribution >= 4 is 0 Å². The average Bonchev–Trinajstić information content (AvgIpc) is 2.37. The summed E-state index contributed by atoms with van der Waals surface area (Å²) >= 11 is 0. The van der Waals surface area contributed by atoms with Crippen LogP contribution in [0.15, 0.2) is 24.3 Å². The quantitative estimate of drug-likeness (QED) is 0.770. The third-order valence-electron chi connectivity index (χ3n) is 2.83. The van der Waals surface area contributed by atoms with Crippen LogP contribution < -0.4 is 10.1 Å². The van der Waals surface area contributed by atoms with Crippen LogP contribution in [-0.4, -0.2) is 26.4 Å². The highest BCUT2D eigenvalue weighted by molar-refractivity contribution is 5.29. The Bertz CT molecular complexity index is 322. The minimum Gasteiger partial charge on any atom is -0.497 e. The second-order valence-corrected chi connectivity index (χ2v) is 4.59. The fraction of sp³-hybridized carbons (Fsp3) is 0.600. The van der Waals surface area contributed by atoms with Gasteiger partial charge in [-0.3, -0.25) is 0 Å². The van der Waals surface area contributed by atoms with Gasteiger partial charge in [0.2, 0.25) is 0 Å². The summed E-state index contributed by atoms with van der Waals surface area (Å²) < 4.78 is 10.8. The van der Waals surface area contributed by atoms with Crippen LogP contribution in [0.3, 0.4) is 0 Å². The number of benzene rings is 1. The van der Waals surface area contributed by atoms with Crippen molar-refractivity contribution in [1.29, 1.82) is 0 Å². The van der Waals surface area contributed by atoms with Crippen LogP contribution in [-0.2, 0) is 4.74 Å². The van der Waals surface area contributed by atoms with Crippen molar-refractivity contribution < 1.29 is 9.47 Å². The van der Waals surface area contributed by atoms with E-state index >= 15 is 0 Å². The summed E-state index contributed by atoms with van der Waals surface area (Å²) in [7, 11) is 1.69. The molecule has 0 aliphatic carbocycles. The normalized spacial score (nSPS) is 12.7. The molecule has 1 aromatic carbocycles. The predicted molar refractivity (Wildman–Crippen MR) is 75.1 cm³/mol. The van der Waals surface area contributed by atoms with Crippen LogP contribution >= 0.6 is 0 Å². The summed E-state index contributed by atoms with van der Waals surface area (Å²) in [5, 5.41) is 3.49. The van der Waals surface area contributed by atoms with Gasteiger partial charge in [0.25, 0.3) is 0 Å². The maximum atomic E-state index is 5.62. The second kappa shape index (κ2) is 8.11. The first-order valence-corrected chi connectivity index (χ1v) is 6.66. The molecule has 102 valence electrons. The third-order valence-corrected chi connectivity index (χ3v) is 2.83. The average molecular weight is 251 g/mol. The van der Waals surface area contributed by atoms with E-state index in [9.17, 15) is 0 Å². The van der Waals surface area contributed by atoms with Crippen LogP contribution in [0.1, 0.15) is 38.8 Å². The maximum absolute atomic E-state index is 5.62. The Hall–Kier alpha value is -1.06. The topological polar surface area (TPSA) is 30.5 Å². The Kier molecular flexibility index (Phi) is 6.76. The molecule has 1 aromatic rings. The van der Waals surface area contributed by atoms with Gasteiger partial charge in [0, 0.05) is 12.6 Å². The molecule has 0 aromatic heterocycles. The van der Waals surface area contributed by atoms with E-state index in [1.807, 2.05) is 12.1 Å². The standard InChI is InChI=1S/C15H25NO2/c1-5-16-15(10-11-18-12(2)3)13-6-8-14(17-4)9-7-13/h6-9,12,15-16H,5,10-11H2,1-4H3. The van der Waals surface area contributed by atoms with Crippen LogP contribution in [0.5, 0.6) is 5.75 Å². The molecule has 0 radical (unpaired) electrons. The first kappa shape index (κ1) is 15.0. The van der Waals surface area contributed by atoms with Crippen molar-refractivity contribution in [2.45, 2.75) is 39.3 Å². The summed E-state index contributed by atoms with van der Waals surface area (Å²) in [5.74, 6) is 0.896. The molecule has 0 saturated carbocycles. The summed E-state index contributed by atoms with van der Waals surface area (Å²) in [6.45, 7) is 7.99. The molecular weight excluding hydrogens is 226 g/mol. The highest BCUT2D eigenvalue weighted by Gasteiger charge is 2.10. The molecule has 0 spiro atoms. The van der Waals surface area contributed by atoms with E-state index in [1.54, 1.807) is 7.11 Å². The van der Waals surface area contributed by atoms with E-state index in [4.69, 9.17) is 9.47 Å². The number of nitrogens with one attached hydrogen (secondary N) is 1. The summed E-state index contributed by atoms with van der Waals surface area (Å²) in [4.78, 5) is 0. The summed E-state index contributed by atoms with van der Waals surface area (Å²) in [6.07, 6.45) is 1.28. The van der Waals surface area contributed by atoms with Crippen LogP contribution in [0.2, 0.25) is 0 Å². The predicted octanol–water partition coefficient (Wildman–Crippen LogP) is 3.16. The molecule has 1 atom stereocenters. The molecule has 0 amide bonds. The zero-order valence-corrected chi connectivity index (χ0v) is 11.9. The molecule has 3 nitrogen and oxygen atoms in total. The summed E-state index contributed by atoms with van der Waals surface area (Å²) in [5.41, 5.74) is 1.28. The highest BCUT2D eigenvalue weighted by atomic mass is 16.5. The number of methoxy groups -OCH3 is 1. The first-order chi connectivity index (χ1) is 8.67. The molecular formula is C15H25NO2. The van der Waals surface area contributed by atoms with E-state index in [2.05, 4.69) is 38.2 Å². The second-order valence-electron chi connectivity index (χ2n) is 4.59. The van der Waals surface area contributed by atoms with Gasteiger partial charge in [0.05, 0.1) is 13.2 Å². The Labute approximate surface area is 110 Å². The van der Waals surface area contributed by atoms with Crippen molar-refractivity contribution in [3.8, 4) is 5.75 Å². The zero-order chi connectivity index (χ0) is 13.4. The lowest BCUT2D eigenvalue weighted by Crippen LogP contribution is -2.23. The van der Waals surface area contributed by atoms with E-state index in [0.29, 0.717) is 12.1 Å². The number of hydrogen-bond acceptors (Lipinski definition) is 3. The Balaban J connectivity index is 2.58. The van der Waals surface area contributed by atoms with Gasteiger partial charge in [-0.25, -0.2) is 0 Å². The SMILES string of the molecule is CCNC(CCOC(C)C)c1ccc(OC)cc1.